The van der Waals surface area contributed by atoms with Crippen molar-refractivity contribution >= 4 is 11.0 Å². The molecular formula is C22H22O10. The van der Waals surface area contributed by atoms with E-state index >= 15 is 0 Å². The predicted molar refractivity (Wildman–Crippen MR) is 111 cm³/mol. The van der Waals surface area contributed by atoms with Crippen LogP contribution in [0.25, 0.3) is 22.3 Å². The highest BCUT2D eigenvalue weighted by molar-refractivity contribution is 5.87. The Morgan fingerprint density at radius 3 is 2.34 bits per heavy atom. The molecule has 1 saturated heterocycles. The van der Waals surface area contributed by atoms with E-state index in [-0.39, 0.29) is 39.5 Å². The Balaban J connectivity index is 1.82. The molecule has 0 aliphatic carbocycles. The van der Waals surface area contributed by atoms with Gasteiger partial charge in [-0.3, -0.25) is 4.79 Å². The Hall–Kier alpha value is -3.31. The van der Waals surface area contributed by atoms with Gasteiger partial charge in [-0.2, -0.15) is 0 Å². The number of benzene rings is 2. The first-order valence-electron chi connectivity index (χ1n) is 9.77. The summed E-state index contributed by atoms with van der Waals surface area (Å²) in [7, 11) is 0. The maximum absolute atomic E-state index is 13.2. The summed E-state index contributed by atoms with van der Waals surface area (Å²) in [5.74, 6) is -1.09. The molecule has 10 nitrogen and oxygen atoms in total. The summed E-state index contributed by atoms with van der Waals surface area (Å²) in [6.07, 6.45) is -6.79. The minimum absolute atomic E-state index is 0.0444. The van der Waals surface area contributed by atoms with E-state index in [1.165, 1.54) is 38.1 Å². The summed E-state index contributed by atoms with van der Waals surface area (Å²) in [4.78, 5) is 13.2. The summed E-state index contributed by atoms with van der Waals surface area (Å²) < 4.78 is 16.9. The smallest absolute Gasteiger partial charge is 0.229 e. The fourth-order valence-electron chi connectivity index (χ4n) is 3.63. The van der Waals surface area contributed by atoms with Gasteiger partial charge in [-0.15, -0.1) is 0 Å². The second-order valence-corrected chi connectivity index (χ2v) is 7.71. The van der Waals surface area contributed by atoms with E-state index in [0.717, 1.165) is 6.07 Å². The SMILES string of the molecule is Cc1c(-c2ccc(O)c(O)c2)oc2cc(O)cc(O[C@H]3O[C@@H](C)[C@H](O)[C@@H](O)[C@H]3O)c2c1=O. The molecular weight excluding hydrogens is 424 g/mol. The van der Waals surface area contributed by atoms with Crippen molar-refractivity contribution in [1.29, 1.82) is 0 Å². The van der Waals surface area contributed by atoms with Gasteiger partial charge in [0, 0.05) is 23.3 Å². The van der Waals surface area contributed by atoms with Gasteiger partial charge in [-0.1, -0.05) is 0 Å². The summed E-state index contributed by atoms with van der Waals surface area (Å²) in [6.45, 7) is 2.98. The quantitative estimate of drug-likeness (QED) is 0.320. The van der Waals surface area contributed by atoms with Gasteiger partial charge in [0.15, 0.2) is 16.9 Å². The average Bonchev–Trinajstić information content (AvgIpc) is 2.74. The van der Waals surface area contributed by atoms with E-state index in [1.54, 1.807) is 0 Å². The zero-order chi connectivity index (χ0) is 23.3. The molecule has 10 heteroatoms. The third-order valence-electron chi connectivity index (χ3n) is 5.46. The van der Waals surface area contributed by atoms with Gasteiger partial charge in [-0.05, 0) is 32.0 Å². The molecule has 2 aromatic carbocycles. The number of phenols is 3. The van der Waals surface area contributed by atoms with Gasteiger partial charge in [0.2, 0.25) is 6.29 Å². The molecule has 1 fully saturated rings. The first-order valence-corrected chi connectivity index (χ1v) is 9.77. The fourth-order valence-corrected chi connectivity index (χ4v) is 3.63. The lowest BCUT2D eigenvalue weighted by atomic mass is 10.00. The van der Waals surface area contributed by atoms with E-state index in [2.05, 4.69) is 0 Å². The molecule has 32 heavy (non-hydrogen) atoms. The molecule has 0 saturated carbocycles. The molecule has 0 bridgehead atoms. The topological polar surface area (TPSA) is 170 Å². The number of rotatable bonds is 3. The Morgan fingerprint density at radius 1 is 0.938 bits per heavy atom. The van der Waals surface area contributed by atoms with Crippen molar-refractivity contribution in [2.45, 2.75) is 44.6 Å². The molecule has 1 aliphatic rings. The van der Waals surface area contributed by atoms with Crippen LogP contribution in [-0.4, -0.2) is 61.3 Å². The van der Waals surface area contributed by atoms with Crippen LogP contribution in [0.5, 0.6) is 23.0 Å². The van der Waals surface area contributed by atoms with Crippen LogP contribution in [0.1, 0.15) is 12.5 Å². The lowest BCUT2D eigenvalue weighted by Gasteiger charge is -2.38. The first-order chi connectivity index (χ1) is 15.1. The van der Waals surface area contributed by atoms with Crippen molar-refractivity contribution in [2.75, 3.05) is 0 Å². The maximum Gasteiger partial charge on any atom is 0.229 e. The summed E-state index contributed by atoms with van der Waals surface area (Å²) in [6, 6.07) is 6.27. The number of aliphatic hydroxyl groups excluding tert-OH is 3. The number of phenolic OH excluding ortho intramolecular Hbond substituents is 3. The van der Waals surface area contributed by atoms with Crippen LogP contribution < -0.4 is 10.2 Å². The molecule has 1 aliphatic heterocycles. The Labute approximate surface area is 181 Å². The lowest BCUT2D eigenvalue weighted by molar-refractivity contribution is -0.267. The molecule has 0 amide bonds. The summed E-state index contributed by atoms with van der Waals surface area (Å²) in [5.41, 5.74) is -0.0773. The van der Waals surface area contributed by atoms with Crippen LogP contribution >= 0.6 is 0 Å². The van der Waals surface area contributed by atoms with Gasteiger partial charge in [0.25, 0.3) is 0 Å². The highest BCUT2D eigenvalue weighted by atomic mass is 16.7. The monoisotopic (exact) mass is 446 g/mol. The van der Waals surface area contributed by atoms with Crippen LogP contribution in [0.4, 0.5) is 0 Å². The molecule has 0 spiro atoms. The van der Waals surface area contributed by atoms with Crippen molar-refractivity contribution in [1.82, 2.24) is 0 Å². The van der Waals surface area contributed by atoms with E-state index in [9.17, 15) is 35.4 Å². The van der Waals surface area contributed by atoms with Gasteiger partial charge in [-0.25, -0.2) is 0 Å². The largest absolute Gasteiger partial charge is 0.508 e. The summed E-state index contributed by atoms with van der Waals surface area (Å²) >= 11 is 0. The van der Waals surface area contributed by atoms with Crippen LogP contribution in [0, 0.1) is 6.92 Å². The molecule has 170 valence electrons. The molecule has 2 heterocycles. The second-order valence-electron chi connectivity index (χ2n) is 7.71. The van der Waals surface area contributed by atoms with Gasteiger partial charge in [0.1, 0.15) is 46.5 Å². The predicted octanol–water partition coefficient (Wildman–Crippen LogP) is 1.09. The van der Waals surface area contributed by atoms with Crippen molar-refractivity contribution < 1.29 is 44.5 Å². The lowest BCUT2D eigenvalue weighted by Crippen LogP contribution is -2.58. The van der Waals surface area contributed by atoms with Crippen molar-refractivity contribution in [2.24, 2.45) is 0 Å². The Bertz CT molecular complexity index is 1230. The normalized spacial score (nSPS) is 25.7. The van der Waals surface area contributed by atoms with Gasteiger partial charge in [0.05, 0.1) is 6.10 Å². The van der Waals surface area contributed by atoms with E-state index in [4.69, 9.17) is 13.9 Å². The van der Waals surface area contributed by atoms with E-state index in [0.29, 0.717) is 5.56 Å². The second kappa shape index (κ2) is 7.99. The van der Waals surface area contributed by atoms with Crippen molar-refractivity contribution in [3.63, 3.8) is 0 Å². The van der Waals surface area contributed by atoms with Crippen molar-refractivity contribution in [3.8, 4) is 34.3 Å². The third kappa shape index (κ3) is 3.63. The number of hydrogen-bond acceptors (Lipinski definition) is 10. The minimum Gasteiger partial charge on any atom is -0.508 e. The van der Waals surface area contributed by atoms with E-state index in [1.807, 2.05) is 0 Å². The highest BCUT2D eigenvalue weighted by Gasteiger charge is 2.43. The minimum atomic E-state index is -1.62. The molecule has 5 atom stereocenters. The number of ether oxygens (including phenoxy) is 2. The number of hydrogen-bond donors (Lipinski definition) is 6. The molecule has 4 rings (SSSR count). The number of fused-ring (bicyclic) bond motifs is 1. The fraction of sp³-hybridized carbons (Fsp3) is 0.318. The molecule has 1 aromatic heterocycles. The highest BCUT2D eigenvalue weighted by Crippen LogP contribution is 2.36. The van der Waals surface area contributed by atoms with Crippen LogP contribution in [0.15, 0.2) is 39.5 Å². The Kier molecular flexibility index (Phi) is 5.47. The van der Waals surface area contributed by atoms with Crippen LogP contribution in [-0.2, 0) is 4.74 Å². The summed E-state index contributed by atoms with van der Waals surface area (Å²) in [5, 5.41) is 59.5. The zero-order valence-corrected chi connectivity index (χ0v) is 17.1. The molecule has 6 N–H and O–H groups in total. The number of aromatic hydroxyl groups is 3. The Morgan fingerprint density at radius 2 is 1.66 bits per heavy atom. The van der Waals surface area contributed by atoms with Gasteiger partial charge >= 0.3 is 0 Å². The van der Waals surface area contributed by atoms with Crippen LogP contribution in [0.2, 0.25) is 0 Å². The standard InChI is InChI=1S/C22H22O10/c1-8-17(26)16-14(31-21(8)10-3-4-12(24)13(25)5-10)6-11(23)7-15(16)32-22-20(29)19(28)18(27)9(2)30-22/h3-7,9,18-20,22-25,27-29H,1-2H3/t9-,18-,19+,20+,22+/m0/s1. The molecule has 0 radical (unpaired) electrons. The molecule has 0 unspecified atom stereocenters. The van der Waals surface area contributed by atoms with Crippen molar-refractivity contribution in [3.05, 3.63) is 46.1 Å². The first kappa shape index (κ1) is 21.9. The zero-order valence-electron chi connectivity index (χ0n) is 17.1. The third-order valence-corrected chi connectivity index (χ3v) is 5.46. The average molecular weight is 446 g/mol. The number of aliphatic hydroxyl groups is 3. The van der Waals surface area contributed by atoms with E-state index < -0.39 is 41.9 Å². The maximum atomic E-state index is 13.2. The van der Waals surface area contributed by atoms with Gasteiger partial charge < -0.3 is 44.5 Å². The molecule has 3 aromatic rings. The van der Waals surface area contributed by atoms with Crippen LogP contribution in [0.3, 0.4) is 0 Å².